The van der Waals surface area contributed by atoms with E-state index in [4.69, 9.17) is 15.2 Å². The van der Waals surface area contributed by atoms with Gasteiger partial charge in [-0.05, 0) is 18.4 Å². The largest absolute Gasteiger partial charge is 0.491 e. The van der Waals surface area contributed by atoms with Crippen LogP contribution in [0.3, 0.4) is 0 Å². The monoisotopic (exact) mass is 299 g/mol. The van der Waals surface area contributed by atoms with E-state index < -0.39 is 9.84 Å². The molecule has 1 aromatic carbocycles. The van der Waals surface area contributed by atoms with Gasteiger partial charge in [-0.2, -0.15) is 0 Å². The third-order valence-electron chi connectivity index (χ3n) is 3.60. The van der Waals surface area contributed by atoms with Crippen LogP contribution in [0, 0.1) is 5.92 Å². The summed E-state index contributed by atoms with van der Waals surface area (Å²) in [4.78, 5) is 0. The third-order valence-corrected chi connectivity index (χ3v) is 5.39. The number of sulfone groups is 1. The van der Waals surface area contributed by atoms with Crippen molar-refractivity contribution in [2.75, 3.05) is 31.8 Å². The number of para-hydroxylation sites is 1. The molecule has 2 rings (SSSR count). The molecule has 1 aromatic rings. The Balaban J connectivity index is 2.11. The molecule has 1 heterocycles. The van der Waals surface area contributed by atoms with E-state index in [-0.39, 0.29) is 23.5 Å². The normalized spacial score (nSPS) is 22.6. The number of rotatable bonds is 6. The van der Waals surface area contributed by atoms with Crippen LogP contribution in [0.5, 0.6) is 5.75 Å². The fourth-order valence-corrected chi connectivity index (χ4v) is 4.34. The molecule has 1 aliphatic rings. The van der Waals surface area contributed by atoms with Crippen molar-refractivity contribution < 1.29 is 17.9 Å². The molecule has 2 unspecified atom stereocenters. The SMILES string of the molecule is COCCOc1ccccc1C(N)C1CCS(=O)(=O)C1. The van der Waals surface area contributed by atoms with Gasteiger partial charge in [-0.3, -0.25) is 0 Å². The molecule has 0 amide bonds. The molecule has 2 atom stereocenters. The molecule has 1 aliphatic heterocycles. The van der Waals surface area contributed by atoms with Gasteiger partial charge in [0.15, 0.2) is 9.84 Å². The van der Waals surface area contributed by atoms with E-state index in [2.05, 4.69) is 0 Å². The molecule has 2 N–H and O–H groups in total. The molecule has 20 heavy (non-hydrogen) atoms. The summed E-state index contributed by atoms with van der Waals surface area (Å²) >= 11 is 0. The van der Waals surface area contributed by atoms with Crippen molar-refractivity contribution in [3.63, 3.8) is 0 Å². The summed E-state index contributed by atoms with van der Waals surface area (Å²) < 4.78 is 33.7. The molecule has 5 nitrogen and oxygen atoms in total. The highest BCUT2D eigenvalue weighted by Crippen LogP contribution is 2.34. The Morgan fingerprint density at radius 1 is 1.35 bits per heavy atom. The number of hydrogen-bond donors (Lipinski definition) is 1. The topological polar surface area (TPSA) is 78.6 Å². The first-order valence-electron chi connectivity index (χ1n) is 6.70. The second-order valence-electron chi connectivity index (χ2n) is 5.07. The van der Waals surface area contributed by atoms with Crippen molar-refractivity contribution in [1.29, 1.82) is 0 Å². The van der Waals surface area contributed by atoms with Gasteiger partial charge in [-0.1, -0.05) is 18.2 Å². The van der Waals surface area contributed by atoms with Gasteiger partial charge in [0, 0.05) is 18.7 Å². The minimum Gasteiger partial charge on any atom is -0.491 e. The molecule has 0 radical (unpaired) electrons. The first-order chi connectivity index (χ1) is 9.53. The number of ether oxygens (including phenoxy) is 2. The lowest BCUT2D eigenvalue weighted by atomic mass is 9.93. The van der Waals surface area contributed by atoms with Crippen molar-refractivity contribution in [2.45, 2.75) is 12.5 Å². The summed E-state index contributed by atoms with van der Waals surface area (Å²) in [7, 11) is -1.31. The molecular formula is C14H21NO4S. The van der Waals surface area contributed by atoms with Crippen LogP contribution in [-0.2, 0) is 14.6 Å². The maximum absolute atomic E-state index is 11.6. The second kappa shape index (κ2) is 6.56. The van der Waals surface area contributed by atoms with E-state index in [9.17, 15) is 8.42 Å². The van der Waals surface area contributed by atoms with E-state index >= 15 is 0 Å². The smallest absolute Gasteiger partial charge is 0.150 e. The van der Waals surface area contributed by atoms with Crippen LogP contribution in [0.25, 0.3) is 0 Å². The number of methoxy groups -OCH3 is 1. The van der Waals surface area contributed by atoms with Crippen LogP contribution in [0.15, 0.2) is 24.3 Å². The highest BCUT2D eigenvalue weighted by Gasteiger charge is 2.33. The minimum atomic E-state index is -2.92. The molecule has 0 aliphatic carbocycles. The summed E-state index contributed by atoms with van der Waals surface area (Å²) in [5.74, 6) is 1.08. The van der Waals surface area contributed by atoms with Crippen molar-refractivity contribution >= 4 is 9.84 Å². The quantitative estimate of drug-likeness (QED) is 0.797. The van der Waals surface area contributed by atoms with Crippen LogP contribution in [0.4, 0.5) is 0 Å². The van der Waals surface area contributed by atoms with Crippen LogP contribution < -0.4 is 10.5 Å². The summed E-state index contributed by atoms with van der Waals surface area (Å²) in [5, 5.41) is 0. The Bertz CT molecular complexity index is 544. The van der Waals surface area contributed by atoms with Crippen LogP contribution in [0.2, 0.25) is 0 Å². The minimum absolute atomic E-state index is 0.0350. The average Bonchev–Trinajstić information content (AvgIpc) is 2.79. The van der Waals surface area contributed by atoms with Crippen molar-refractivity contribution in [3.8, 4) is 5.75 Å². The summed E-state index contributed by atoms with van der Waals surface area (Å²) in [6.07, 6.45) is 0.621. The van der Waals surface area contributed by atoms with Crippen LogP contribution >= 0.6 is 0 Å². The fourth-order valence-electron chi connectivity index (χ4n) is 2.48. The zero-order chi connectivity index (χ0) is 14.6. The fraction of sp³-hybridized carbons (Fsp3) is 0.571. The number of hydrogen-bond acceptors (Lipinski definition) is 5. The second-order valence-corrected chi connectivity index (χ2v) is 7.30. The highest BCUT2D eigenvalue weighted by molar-refractivity contribution is 7.91. The van der Waals surface area contributed by atoms with Crippen molar-refractivity contribution in [3.05, 3.63) is 29.8 Å². The third kappa shape index (κ3) is 3.71. The lowest BCUT2D eigenvalue weighted by molar-refractivity contribution is 0.145. The average molecular weight is 299 g/mol. The highest BCUT2D eigenvalue weighted by atomic mass is 32.2. The molecule has 0 aromatic heterocycles. The van der Waals surface area contributed by atoms with Gasteiger partial charge in [0.05, 0.1) is 18.1 Å². The first kappa shape index (κ1) is 15.3. The molecular weight excluding hydrogens is 278 g/mol. The van der Waals surface area contributed by atoms with Gasteiger partial charge >= 0.3 is 0 Å². The molecule has 1 saturated heterocycles. The van der Waals surface area contributed by atoms with Crippen LogP contribution in [-0.4, -0.2) is 40.2 Å². The lowest BCUT2D eigenvalue weighted by Gasteiger charge is -2.21. The molecule has 0 saturated carbocycles. The van der Waals surface area contributed by atoms with Crippen molar-refractivity contribution in [2.24, 2.45) is 11.7 Å². The zero-order valence-corrected chi connectivity index (χ0v) is 12.4. The Hall–Kier alpha value is -1.11. The predicted octanol–water partition coefficient (Wildman–Crippen LogP) is 1.15. The Labute approximate surface area is 120 Å². The van der Waals surface area contributed by atoms with Gasteiger partial charge in [0.25, 0.3) is 0 Å². The van der Waals surface area contributed by atoms with Crippen LogP contribution in [0.1, 0.15) is 18.0 Å². The Morgan fingerprint density at radius 3 is 2.75 bits per heavy atom. The predicted molar refractivity (Wildman–Crippen MR) is 77.5 cm³/mol. The van der Waals surface area contributed by atoms with Gasteiger partial charge < -0.3 is 15.2 Å². The number of benzene rings is 1. The Morgan fingerprint density at radius 2 is 2.10 bits per heavy atom. The molecule has 0 bridgehead atoms. The first-order valence-corrected chi connectivity index (χ1v) is 8.52. The summed E-state index contributed by atoms with van der Waals surface area (Å²) in [6, 6.07) is 7.21. The standard InChI is InChI=1S/C14H21NO4S/c1-18-7-8-19-13-5-3-2-4-12(13)14(15)11-6-9-20(16,17)10-11/h2-5,11,14H,6-10,15H2,1H3. The Kier molecular flexibility index (Phi) is 5.01. The summed E-state index contributed by atoms with van der Waals surface area (Å²) in [6.45, 7) is 0.949. The van der Waals surface area contributed by atoms with E-state index in [1.165, 1.54) is 0 Å². The molecule has 6 heteroatoms. The molecule has 112 valence electrons. The maximum atomic E-state index is 11.6. The number of nitrogens with two attached hydrogens (primary N) is 1. The molecule has 0 spiro atoms. The van der Waals surface area contributed by atoms with Gasteiger partial charge in [0.2, 0.25) is 0 Å². The van der Waals surface area contributed by atoms with E-state index in [1.807, 2.05) is 24.3 Å². The van der Waals surface area contributed by atoms with Crippen molar-refractivity contribution in [1.82, 2.24) is 0 Å². The molecule has 1 fully saturated rings. The maximum Gasteiger partial charge on any atom is 0.150 e. The van der Waals surface area contributed by atoms with E-state index in [1.54, 1.807) is 7.11 Å². The lowest BCUT2D eigenvalue weighted by Crippen LogP contribution is -2.23. The van der Waals surface area contributed by atoms with Gasteiger partial charge in [-0.15, -0.1) is 0 Å². The van der Waals surface area contributed by atoms with Gasteiger partial charge in [0.1, 0.15) is 12.4 Å². The van der Waals surface area contributed by atoms with E-state index in [0.717, 1.165) is 5.56 Å². The summed E-state index contributed by atoms with van der Waals surface area (Å²) in [5.41, 5.74) is 7.12. The van der Waals surface area contributed by atoms with E-state index in [0.29, 0.717) is 25.4 Å². The van der Waals surface area contributed by atoms with Gasteiger partial charge in [-0.25, -0.2) is 8.42 Å². The zero-order valence-electron chi connectivity index (χ0n) is 11.6.